The lowest BCUT2D eigenvalue weighted by Crippen LogP contribution is -2.67. The lowest BCUT2D eigenvalue weighted by atomic mass is 9.83. The third kappa shape index (κ3) is 2.70. The Kier molecular flexibility index (Phi) is 4.32. The normalized spacial score (nSPS) is 26.2. The van der Waals surface area contributed by atoms with E-state index in [9.17, 15) is 8.42 Å². The predicted octanol–water partition coefficient (Wildman–Crippen LogP) is 2.02. The van der Waals surface area contributed by atoms with Crippen molar-refractivity contribution in [2.75, 3.05) is 32.1 Å². The molecule has 122 valence electrons. The summed E-state index contributed by atoms with van der Waals surface area (Å²) in [5, 5.41) is 0. The maximum absolute atomic E-state index is 12.5. The predicted molar refractivity (Wildman–Crippen MR) is 87.6 cm³/mol. The van der Waals surface area contributed by atoms with Crippen LogP contribution < -0.4 is 0 Å². The molecule has 0 aliphatic carbocycles. The number of likely N-dealkylation sites (tertiary alicyclic amines) is 1. The van der Waals surface area contributed by atoms with Crippen LogP contribution >= 0.6 is 0 Å². The highest BCUT2D eigenvalue weighted by Crippen LogP contribution is 2.45. The van der Waals surface area contributed by atoms with Crippen LogP contribution in [-0.2, 0) is 21.1 Å². The van der Waals surface area contributed by atoms with E-state index in [4.69, 9.17) is 4.74 Å². The fraction of sp³-hybridized carbons (Fsp3) is 0.647. The minimum absolute atomic E-state index is 0.159. The molecule has 0 aromatic heterocycles. The summed E-state index contributed by atoms with van der Waals surface area (Å²) in [5.74, 6) is 0.482. The van der Waals surface area contributed by atoms with Gasteiger partial charge in [0.05, 0.1) is 12.4 Å². The molecule has 2 fully saturated rings. The molecular formula is C17H25NO3S. The first-order valence-electron chi connectivity index (χ1n) is 8.05. The van der Waals surface area contributed by atoms with Gasteiger partial charge in [0.25, 0.3) is 0 Å². The van der Waals surface area contributed by atoms with Crippen molar-refractivity contribution in [2.45, 2.75) is 31.6 Å². The third-order valence-electron chi connectivity index (χ3n) is 5.13. The van der Waals surface area contributed by atoms with Crippen LogP contribution in [0.4, 0.5) is 0 Å². The Bertz CT molecular complexity index is 618. The number of rotatable bonds is 5. The van der Waals surface area contributed by atoms with Gasteiger partial charge in [0.1, 0.15) is 4.75 Å². The highest BCUT2D eigenvalue weighted by molar-refractivity contribution is 7.93. The first-order valence-corrected chi connectivity index (χ1v) is 9.70. The molecule has 2 aliphatic rings. The van der Waals surface area contributed by atoms with Gasteiger partial charge in [0, 0.05) is 32.2 Å². The zero-order chi connectivity index (χ0) is 15.8. The van der Waals surface area contributed by atoms with Crippen molar-refractivity contribution < 1.29 is 13.2 Å². The van der Waals surface area contributed by atoms with Crippen LogP contribution in [0.5, 0.6) is 0 Å². The van der Waals surface area contributed by atoms with Gasteiger partial charge in [-0.15, -0.1) is 0 Å². The summed E-state index contributed by atoms with van der Waals surface area (Å²) in [6.45, 7) is 7.40. The second-order valence-electron chi connectivity index (χ2n) is 6.66. The van der Waals surface area contributed by atoms with Crippen molar-refractivity contribution >= 4 is 9.84 Å². The summed E-state index contributed by atoms with van der Waals surface area (Å²) >= 11 is 0. The van der Waals surface area contributed by atoms with Gasteiger partial charge in [-0.25, -0.2) is 8.42 Å². The number of hydrogen-bond donors (Lipinski definition) is 0. The summed E-state index contributed by atoms with van der Waals surface area (Å²) < 4.78 is 30.0. The topological polar surface area (TPSA) is 46.6 Å². The molecule has 2 saturated heterocycles. The van der Waals surface area contributed by atoms with E-state index in [0.29, 0.717) is 32.1 Å². The summed E-state index contributed by atoms with van der Waals surface area (Å²) in [6, 6.07) is 8.46. The Morgan fingerprint density at radius 2 is 1.95 bits per heavy atom. The average Bonchev–Trinajstić information content (AvgIpc) is 2.70. The van der Waals surface area contributed by atoms with Gasteiger partial charge in [0.15, 0.2) is 9.84 Å². The van der Waals surface area contributed by atoms with Gasteiger partial charge < -0.3 is 4.74 Å². The van der Waals surface area contributed by atoms with Gasteiger partial charge in [-0.2, -0.15) is 0 Å². The van der Waals surface area contributed by atoms with E-state index in [-0.39, 0.29) is 5.92 Å². The average molecular weight is 323 g/mol. The van der Waals surface area contributed by atoms with Crippen molar-refractivity contribution in [3.63, 3.8) is 0 Å². The largest absolute Gasteiger partial charge is 0.381 e. The summed E-state index contributed by atoms with van der Waals surface area (Å²) in [6.07, 6.45) is 0.751. The number of benzene rings is 1. The molecule has 0 saturated carbocycles. The molecule has 0 radical (unpaired) electrons. The molecule has 2 heterocycles. The maximum Gasteiger partial charge on any atom is 0.158 e. The SMILES string of the molecule is CCOC[C@H]1CCS(=O)(=O)C12CN(Cc1ccc(C)cc1)C2. The first-order chi connectivity index (χ1) is 10.5. The molecule has 0 unspecified atom stereocenters. The van der Waals surface area contributed by atoms with E-state index in [1.165, 1.54) is 11.1 Å². The zero-order valence-corrected chi connectivity index (χ0v) is 14.2. The van der Waals surface area contributed by atoms with Crippen LogP contribution in [0.25, 0.3) is 0 Å². The number of aryl methyl sites for hydroxylation is 1. The molecule has 1 spiro atoms. The van der Waals surface area contributed by atoms with E-state index in [2.05, 4.69) is 36.1 Å². The molecule has 1 atom stereocenters. The van der Waals surface area contributed by atoms with Crippen LogP contribution in [0.1, 0.15) is 24.5 Å². The van der Waals surface area contributed by atoms with Crippen molar-refractivity contribution in [1.82, 2.24) is 4.90 Å². The van der Waals surface area contributed by atoms with Crippen molar-refractivity contribution in [1.29, 1.82) is 0 Å². The monoisotopic (exact) mass is 323 g/mol. The molecule has 0 amide bonds. The highest BCUT2D eigenvalue weighted by atomic mass is 32.2. The Labute approximate surface area is 133 Å². The van der Waals surface area contributed by atoms with Gasteiger partial charge >= 0.3 is 0 Å². The molecule has 0 bridgehead atoms. The van der Waals surface area contributed by atoms with Crippen molar-refractivity contribution in [3.8, 4) is 0 Å². The Hall–Kier alpha value is -0.910. The van der Waals surface area contributed by atoms with E-state index >= 15 is 0 Å². The molecular weight excluding hydrogens is 298 g/mol. The van der Waals surface area contributed by atoms with Crippen LogP contribution in [0, 0.1) is 12.8 Å². The summed E-state index contributed by atoms with van der Waals surface area (Å²) in [4.78, 5) is 2.24. The maximum atomic E-state index is 12.5. The van der Waals surface area contributed by atoms with Crippen LogP contribution in [0.2, 0.25) is 0 Å². The third-order valence-corrected chi connectivity index (χ3v) is 7.73. The smallest absolute Gasteiger partial charge is 0.158 e. The van der Waals surface area contributed by atoms with E-state index < -0.39 is 14.6 Å². The van der Waals surface area contributed by atoms with Crippen LogP contribution in [0.3, 0.4) is 0 Å². The second-order valence-corrected chi connectivity index (χ2v) is 9.11. The quantitative estimate of drug-likeness (QED) is 0.832. The lowest BCUT2D eigenvalue weighted by molar-refractivity contribution is 0.0292. The zero-order valence-electron chi connectivity index (χ0n) is 13.4. The highest BCUT2D eigenvalue weighted by Gasteiger charge is 2.61. The number of nitrogens with zero attached hydrogens (tertiary/aromatic N) is 1. The molecule has 0 N–H and O–H groups in total. The standard InChI is InChI=1S/C17H25NO3S/c1-3-21-11-16-8-9-22(19,20)17(16)12-18(13-17)10-15-6-4-14(2)5-7-15/h4-7,16H,3,8-13H2,1-2H3/t16-/m1/s1. The summed E-state index contributed by atoms with van der Waals surface area (Å²) in [5.41, 5.74) is 2.50. The van der Waals surface area contributed by atoms with Crippen LogP contribution in [-0.4, -0.2) is 50.1 Å². The minimum Gasteiger partial charge on any atom is -0.381 e. The molecule has 5 heteroatoms. The summed E-state index contributed by atoms with van der Waals surface area (Å²) in [7, 11) is -2.98. The minimum atomic E-state index is -2.98. The molecule has 4 nitrogen and oxygen atoms in total. The first kappa shape index (κ1) is 16.0. The van der Waals surface area contributed by atoms with E-state index in [0.717, 1.165) is 13.0 Å². The van der Waals surface area contributed by atoms with Crippen LogP contribution in [0.15, 0.2) is 24.3 Å². The number of hydrogen-bond acceptors (Lipinski definition) is 4. The second kappa shape index (κ2) is 5.95. The van der Waals surface area contributed by atoms with Gasteiger partial charge in [-0.05, 0) is 25.8 Å². The van der Waals surface area contributed by atoms with Crippen molar-refractivity contribution in [2.24, 2.45) is 5.92 Å². The van der Waals surface area contributed by atoms with Gasteiger partial charge in [0.2, 0.25) is 0 Å². The molecule has 22 heavy (non-hydrogen) atoms. The molecule has 2 aliphatic heterocycles. The van der Waals surface area contributed by atoms with Gasteiger partial charge in [-0.3, -0.25) is 4.90 Å². The molecule has 1 aromatic carbocycles. The fourth-order valence-corrected chi connectivity index (χ4v) is 6.20. The van der Waals surface area contributed by atoms with E-state index in [1.807, 2.05) is 6.92 Å². The fourth-order valence-electron chi connectivity index (χ4n) is 3.74. The number of ether oxygens (including phenoxy) is 1. The Morgan fingerprint density at radius 1 is 1.27 bits per heavy atom. The number of sulfone groups is 1. The molecule has 3 rings (SSSR count). The van der Waals surface area contributed by atoms with Gasteiger partial charge in [-0.1, -0.05) is 29.8 Å². The lowest BCUT2D eigenvalue weighted by Gasteiger charge is -2.50. The molecule has 1 aromatic rings. The Morgan fingerprint density at radius 3 is 2.59 bits per heavy atom. The van der Waals surface area contributed by atoms with E-state index in [1.54, 1.807) is 0 Å². The Balaban J connectivity index is 1.66. The van der Waals surface area contributed by atoms with Crippen molar-refractivity contribution in [3.05, 3.63) is 35.4 Å².